The lowest BCUT2D eigenvalue weighted by Crippen LogP contribution is -2.28. The average molecular weight is 205 g/mol. The van der Waals surface area contributed by atoms with Crippen LogP contribution in [0.15, 0.2) is 23.4 Å². The van der Waals surface area contributed by atoms with Crippen LogP contribution in [0.3, 0.4) is 0 Å². The summed E-state index contributed by atoms with van der Waals surface area (Å²) in [5.41, 5.74) is 3.27. The number of hydrogen-bond donors (Lipinski definition) is 1. The summed E-state index contributed by atoms with van der Waals surface area (Å²) in [6, 6.07) is 0. The van der Waals surface area contributed by atoms with Gasteiger partial charge in [-0.3, -0.25) is 0 Å². The van der Waals surface area contributed by atoms with Gasteiger partial charge in [-0.25, -0.2) is 0 Å². The Balaban J connectivity index is 1.94. The summed E-state index contributed by atoms with van der Waals surface area (Å²) >= 11 is 0. The molecule has 0 bridgehead atoms. The first kappa shape index (κ1) is 10.8. The summed E-state index contributed by atoms with van der Waals surface area (Å²) in [5.74, 6) is 0.709. The van der Waals surface area contributed by atoms with Crippen molar-refractivity contribution in [3.63, 3.8) is 0 Å². The molecule has 0 fully saturated rings. The summed E-state index contributed by atoms with van der Waals surface area (Å²) in [4.78, 5) is 0. The van der Waals surface area contributed by atoms with E-state index >= 15 is 0 Å². The molecule has 84 valence electrons. The van der Waals surface area contributed by atoms with Crippen molar-refractivity contribution in [2.75, 3.05) is 6.54 Å². The highest BCUT2D eigenvalue weighted by atomic mass is 14.9. The molecule has 1 unspecified atom stereocenters. The summed E-state index contributed by atoms with van der Waals surface area (Å²) in [7, 11) is 0. The van der Waals surface area contributed by atoms with Crippen LogP contribution in [0.5, 0.6) is 0 Å². The van der Waals surface area contributed by atoms with Crippen molar-refractivity contribution in [3.8, 4) is 0 Å². The zero-order valence-electron chi connectivity index (χ0n) is 9.89. The molecule has 0 amide bonds. The lowest BCUT2D eigenvalue weighted by Gasteiger charge is -2.29. The predicted molar refractivity (Wildman–Crippen MR) is 65.7 cm³/mol. The Morgan fingerprint density at radius 3 is 3.20 bits per heavy atom. The number of nitrogens with one attached hydrogen (secondary N) is 1. The van der Waals surface area contributed by atoms with Crippen LogP contribution in [0.2, 0.25) is 0 Å². The van der Waals surface area contributed by atoms with Gasteiger partial charge in [0.25, 0.3) is 0 Å². The van der Waals surface area contributed by atoms with Gasteiger partial charge >= 0.3 is 0 Å². The van der Waals surface area contributed by atoms with E-state index in [2.05, 4.69) is 24.4 Å². The second-order valence-electron chi connectivity index (χ2n) is 4.78. The molecule has 2 aliphatic rings. The summed E-state index contributed by atoms with van der Waals surface area (Å²) in [5, 5.41) is 3.63. The third-order valence-corrected chi connectivity index (χ3v) is 3.57. The highest BCUT2D eigenvalue weighted by Gasteiger charge is 2.20. The summed E-state index contributed by atoms with van der Waals surface area (Å²) in [6.45, 7) is 3.47. The van der Waals surface area contributed by atoms with Gasteiger partial charge in [-0.05, 0) is 31.3 Å². The van der Waals surface area contributed by atoms with Crippen LogP contribution in [0.1, 0.15) is 51.9 Å². The minimum absolute atomic E-state index is 0.709. The van der Waals surface area contributed by atoms with E-state index in [1.165, 1.54) is 51.5 Å². The van der Waals surface area contributed by atoms with Gasteiger partial charge in [0.1, 0.15) is 0 Å². The minimum atomic E-state index is 0.709. The van der Waals surface area contributed by atoms with Crippen molar-refractivity contribution in [2.24, 2.45) is 5.92 Å². The highest BCUT2D eigenvalue weighted by Crippen LogP contribution is 2.31. The second kappa shape index (κ2) is 5.39. The molecule has 1 nitrogen and oxygen atoms in total. The lowest BCUT2D eigenvalue weighted by atomic mass is 9.85. The average Bonchev–Trinajstić information content (AvgIpc) is 2.30. The molecule has 2 rings (SSSR count). The topological polar surface area (TPSA) is 12.0 Å². The van der Waals surface area contributed by atoms with Gasteiger partial charge in [0, 0.05) is 18.2 Å². The van der Waals surface area contributed by atoms with E-state index in [1.807, 2.05) is 0 Å². The van der Waals surface area contributed by atoms with Crippen LogP contribution >= 0.6 is 0 Å². The quantitative estimate of drug-likeness (QED) is 0.544. The molecule has 1 heteroatoms. The highest BCUT2D eigenvalue weighted by molar-refractivity contribution is 5.28. The monoisotopic (exact) mass is 205 g/mol. The first-order chi connectivity index (χ1) is 7.42. The maximum Gasteiger partial charge on any atom is 0.0172 e. The molecule has 0 radical (unpaired) electrons. The van der Waals surface area contributed by atoms with E-state index in [0.717, 1.165) is 0 Å². The summed E-state index contributed by atoms with van der Waals surface area (Å²) < 4.78 is 0. The Hall–Kier alpha value is -0.720. The van der Waals surface area contributed by atoms with Crippen LogP contribution < -0.4 is 5.32 Å². The number of unbranched alkanes of at least 4 members (excludes halogenated alkanes) is 2. The van der Waals surface area contributed by atoms with Crippen molar-refractivity contribution in [2.45, 2.75) is 51.9 Å². The fraction of sp³-hybridized carbons (Fsp3) is 0.714. The van der Waals surface area contributed by atoms with Gasteiger partial charge in [-0.2, -0.15) is 0 Å². The molecule has 0 saturated heterocycles. The molecule has 0 aromatic heterocycles. The smallest absolute Gasteiger partial charge is 0.0172 e. The van der Waals surface area contributed by atoms with Crippen molar-refractivity contribution < 1.29 is 0 Å². The molecule has 1 N–H and O–H groups in total. The molecule has 0 aromatic rings. The number of hydrogen-bond acceptors (Lipinski definition) is 1. The minimum Gasteiger partial charge on any atom is -0.388 e. The first-order valence-electron chi connectivity index (χ1n) is 6.54. The van der Waals surface area contributed by atoms with E-state index in [-0.39, 0.29) is 0 Å². The second-order valence-corrected chi connectivity index (χ2v) is 4.78. The van der Waals surface area contributed by atoms with Crippen LogP contribution in [-0.4, -0.2) is 6.54 Å². The molecule has 0 aromatic carbocycles. The molecule has 0 spiro atoms. The largest absolute Gasteiger partial charge is 0.388 e. The zero-order valence-corrected chi connectivity index (χ0v) is 9.89. The fourth-order valence-corrected chi connectivity index (χ4v) is 2.72. The van der Waals surface area contributed by atoms with Crippen LogP contribution in [0, 0.1) is 5.92 Å². The molecular weight excluding hydrogens is 182 g/mol. The maximum atomic E-state index is 3.63. The van der Waals surface area contributed by atoms with Gasteiger partial charge in [0.05, 0.1) is 0 Å². The van der Waals surface area contributed by atoms with Crippen molar-refractivity contribution >= 4 is 0 Å². The van der Waals surface area contributed by atoms with Crippen molar-refractivity contribution in [1.29, 1.82) is 0 Å². The van der Waals surface area contributed by atoms with Gasteiger partial charge < -0.3 is 5.32 Å². The van der Waals surface area contributed by atoms with Crippen LogP contribution in [0.25, 0.3) is 0 Å². The SMILES string of the molecule is CCCCCC1C=CCC2=C1NCCC2. The van der Waals surface area contributed by atoms with Crippen molar-refractivity contribution in [1.82, 2.24) is 5.32 Å². The van der Waals surface area contributed by atoms with E-state index < -0.39 is 0 Å². The third-order valence-electron chi connectivity index (χ3n) is 3.57. The van der Waals surface area contributed by atoms with Gasteiger partial charge in [0.15, 0.2) is 0 Å². The van der Waals surface area contributed by atoms with Crippen LogP contribution in [0.4, 0.5) is 0 Å². The Kier molecular flexibility index (Phi) is 3.87. The normalized spacial score (nSPS) is 25.0. The van der Waals surface area contributed by atoms with E-state index in [4.69, 9.17) is 0 Å². The first-order valence-corrected chi connectivity index (χ1v) is 6.54. The Morgan fingerprint density at radius 2 is 2.33 bits per heavy atom. The van der Waals surface area contributed by atoms with Gasteiger partial charge in [-0.1, -0.05) is 38.3 Å². The maximum absolute atomic E-state index is 3.63. The molecule has 1 heterocycles. The van der Waals surface area contributed by atoms with E-state index in [0.29, 0.717) is 5.92 Å². The number of allylic oxidation sites excluding steroid dienone is 3. The molecule has 1 aliphatic carbocycles. The van der Waals surface area contributed by atoms with E-state index in [9.17, 15) is 0 Å². The summed E-state index contributed by atoms with van der Waals surface area (Å²) in [6.07, 6.45) is 14.1. The number of rotatable bonds is 4. The lowest BCUT2D eigenvalue weighted by molar-refractivity contribution is 0.515. The Morgan fingerprint density at radius 1 is 1.40 bits per heavy atom. The van der Waals surface area contributed by atoms with Gasteiger partial charge in [0.2, 0.25) is 0 Å². The molecule has 0 saturated carbocycles. The van der Waals surface area contributed by atoms with E-state index in [1.54, 1.807) is 11.3 Å². The van der Waals surface area contributed by atoms with Crippen molar-refractivity contribution in [3.05, 3.63) is 23.4 Å². The van der Waals surface area contributed by atoms with Gasteiger partial charge in [-0.15, -0.1) is 0 Å². The molecule has 1 atom stereocenters. The Bertz CT molecular complexity index is 263. The standard InChI is InChI=1S/C14H23N/c1-2-3-4-7-12-8-5-9-13-10-6-11-15-14(12)13/h5,8,12,15H,2-4,6-7,9-11H2,1H3. The zero-order chi connectivity index (χ0) is 10.5. The molecule has 1 aliphatic heterocycles. The molecule has 15 heavy (non-hydrogen) atoms. The molecular formula is C14H23N. The van der Waals surface area contributed by atoms with Crippen LogP contribution in [-0.2, 0) is 0 Å². The Labute approximate surface area is 93.6 Å². The fourth-order valence-electron chi connectivity index (χ4n) is 2.72. The third kappa shape index (κ3) is 2.64. The predicted octanol–water partition coefficient (Wildman–Crippen LogP) is 3.78.